The van der Waals surface area contributed by atoms with Gasteiger partial charge in [-0.3, -0.25) is 0 Å². The van der Waals surface area contributed by atoms with Crippen LogP contribution in [0.2, 0.25) is 0 Å². The fraction of sp³-hybridized carbons (Fsp3) is 0.100. The number of rotatable bonds is 3. The van der Waals surface area contributed by atoms with Gasteiger partial charge in [-0.2, -0.15) is 0 Å². The van der Waals surface area contributed by atoms with Crippen LogP contribution in [0.25, 0.3) is 0 Å². The van der Waals surface area contributed by atoms with Crippen molar-refractivity contribution < 1.29 is 0 Å². The lowest BCUT2D eigenvalue weighted by atomic mass is 9.71. The first-order chi connectivity index (χ1) is 9.82. The fourth-order valence-corrected chi connectivity index (χ4v) is 2.81. The van der Waals surface area contributed by atoms with Gasteiger partial charge in [0.05, 0.1) is 0 Å². The van der Waals surface area contributed by atoms with Crippen LogP contribution in [0.1, 0.15) is 23.6 Å². The van der Waals surface area contributed by atoms with Gasteiger partial charge in [0.25, 0.3) is 0 Å². The van der Waals surface area contributed by atoms with E-state index in [1.807, 2.05) is 0 Å². The summed E-state index contributed by atoms with van der Waals surface area (Å²) in [6.45, 7) is 2.30. The van der Waals surface area contributed by atoms with Gasteiger partial charge in [0.1, 0.15) is 0 Å². The third kappa shape index (κ3) is 2.86. The van der Waals surface area contributed by atoms with Crippen LogP contribution in [0, 0.1) is 0 Å². The summed E-state index contributed by atoms with van der Waals surface area (Å²) in [7, 11) is 0. The average molecular weight is 295 g/mol. The quantitative estimate of drug-likeness (QED) is 0.562. The molecule has 21 heavy (non-hydrogen) atoms. The zero-order chi connectivity index (χ0) is 13.8. The number of benzene rings is 3. The molecule has 3 rings (SSSR count). The van der Waals surface area contributed by atoms with Crippen LogP contribution in [0.4, 0.5) is 0 Å². The van der Waals surface area contributed by atoms with Gasteiger partial charge in [-0.25, -0.2) is 0 Å². The molecule has 106 valence electrons. The minimum atomic E-state index is -0.121. The van der Waals surface area contributed by atoms with E-state index < -0.39 is 0 Å². The first kappa shape index (κ1) is 15.3. The molecule has 0 aromatic heterocycles. The molecule has 0 aliphatic heterocycles. The van der Waals surface area contributed by atoms with E-state index in [0.29, 0.717) is 0 Å². The van der Waals surface area contributed by atoms with E-state index in [1.165, 1.54) is 16.7 Å². The van der Waals surface area contributed by atoms with Crippen molar-refractivity contribution in [2.45, 2.75) is 12.3 Å². The fourth-order valence-electron chi connectivity index (χ4n) is 2.81. The van der Waals surface area contributed by atoms with Crippen molar-refractivity contribution in [2.24, 2.45) is 0 Å². The van der Waals surface area contributed by atoms with Crippen LogP contribution in [-0.2, 0) is 5.41 Å². The zero-order valence-corrected chi connectivity index (χ0v) is 12.9. The number of halogens is 1. The van der Waals surface area contributed by atoms with E-state index in [-0.39, 0.29) is 17.8 Å². The molecule has 0 fully saturated rings. The standard InChI is InChI=1S/C20H18.ClH/c1-20(17-11-5-2-6-12-17,18-13-7-3-8-14-18)19-15-9-4-10-16-19;/h2-16H,1H3;1H. The summed E-state index contributed by atoms with van der Waals surface area (Å²) in [5, 5.41) is 0. The van der Waals surface area contributed by atoms with Crippen molar-refractivity contribution in [3.63, 3.8) is 0 Å². The molecule has 0 saturated heterocycles. The average Bonchev–Trinajstić information content (AvgIpc) is 2.56. The van der Waals surface area contributed by atoms with Crippen molar-refractivity contribution in [3.8, 4) is 0 Å². The van der Waals surface area contributed by atoms with Gasteiger partial charge in [-0.15, -0.1) is 12.4 Å². The predicted octanol–water partition coefficient (Wildman–Crippen LogP) is 5.46. The maximum absolute atomic E-state index is 2.30. The Hall–Kier alpha value is -2.05. The van der Waals surface area contributed by atoms with Gasteiger partial charge < -0.3 is 0 Å². The summed E-state index contributed by atoms with van der Waals surface area (Å²) in [4.78, 5) is 0. The third-order valence-electron chi connectivity index (χ3n) is 4.05. The number of hydrogen-bond acceptors (Lipinski definition) is 0. The normalized spacial score (nSPS) is 10.7. The Labute approximate surface area is 132 Å². The highest BCUT2D eigenvalue weighted by Crippen LogP contribution is 2.38. The van der Waals surface area contributed by atoms with Crippen molar-refractivity contribution in [1.82, 2.24) is 0 Å². The molecule has 0 unspecified atom stereocenters. The first-order valence-electron chi connectivity index (χ1n) is 6.98. The summed E-state index contributed by atoms with van der Waals surface area (Å²) in [5.74, 6) is 0. The molecule has 0 aliphatic carbocycles. The molecule has 0 bridgehead atoms. The second-order valence-electron chi connectivity index (χ2n) is 5.22. The van der Waals surface area contributed by atoms with Gasteiger partial charge in [-0.05, 0) is 23.6 Å². The number of hydrogen-bond donors (Lipinski definition) is 0. The van der Waals surface area contributed by atoms with Gasteiger partial charge in [0.2, 0.25) is 0 Å². The molecular formula is C20H19Cl. The lowest BCUT2D eigenvalue weighted by molar-refractivity contribution is 0.692. The molecule has 0 N–H and O–H groups in total. The Balaban J connectivity index is 0.00000161. The van der Waals surface area contributed by atoms with Crippen LogP contribution in [0.5, 0.6) is 0 Å². The maximum Gasteiger partial charge on any atom is 0.0423 e. The second kappa shape index (κ2) is 6.60. The summed E-state index contributed by atoms with van der Waals surface area (Å²) >= 11 is 0. The van der Waals surface area contributed by atoms with Crippen molar-refractivity contribution in [2.75, 3.05) is 0 Å². The van der Waals surface area contributed by atoms with E-state index in [1.54, 1.807) is 0 Å². The van der Waals surface area contributed by atoms with E-state index in [0.717, 1.165) is 0 Å². The molecule has 0 saturated carbocycles. The second-order valence-corrected chi connectivity index (χ2v) is 5.22. The molecule has 0 atom stereocenters. The zero-order valence-electron chi connectivity index (χ0n) is 12.1. The van der Waals surface area contributed by atoms with E-state index in [9.17, 15) is 0 Å². The van der Waals surface area contributed by atoms with E-state index in [4.69, 9.17) is 0 Å². The highest BCUT2D eigenvalue weighted by molar-refractivity contribution is 5.85. The first-order valence-corrected chi connectivity index (χ1v) is 6.98. The monoisotopic (exact) mass is 294 g/mol. The van der Waals surface area contributed by atoms with Crippen LogP contribution < -0.4 is 0 Å². The highest BCUT2D eigenvalue weighted by atomic mass is 35.5. The summed E-state index contributed by atoms with van der Waals surface area (Å²) in [6, 6.07) is 32.1. The Morgan fingerprint density at radius 2 is 0.714 bits per heavy atom. The predicted molar refractivity (Wildman–Crippen MR) is 92.1 cm³/mol. The van der Waals surface area contributed by atoms with Crippen molar-refractivity contribution in [1.29, 1.82) is 0 Å². The SMILES string of the molecule is CC(c1ccccc1)(c1ccccc1)c1ccccc1.Cl. The van der Waals surface area contributed by atoms with Crippen molar-refractivity contribution >= 4 is 12.4 Å². The Morgan fingerprint density at radius 1 is 0.476 bits per heavy atom. The third-order valence-corrected chi connectivity index (χ3v) is 4.05. The molecule has 0 nitrogen and oxygen atoms in total. The topological polar surface area (TPSA) is 0 Å². The highest BCUT2D eigenvalue weighted by Gasteiger charge is 2.30. The van der Waals surface area contributed by atoms with Crippen LogP contribution in [-0.4, -0.2) is 0 Å². The molecule has 3 aromatic carbocycles. The molecular weight excluding hydrogens is 276 g/mol. The molecule has 0 heterocycles. The minimum Gasteiger partial charge on any atom is -0.147 e. The van der Waals surface area contributed by atoms with Gasteiger partial charge in [0.15, 0.2) is 0 Å². The summed E-state index contributed by atoms with van der Waals surface area (Å²) < 4.78 is 0. The van der Waals surface area contributed by atoms with Gasteiger partial charge in [0, 0.05) is 5.41 Å². The van der Waals surface area contributed by atoms with Gasteiger partial charge in [-0.1, -0.05) is 91.0 Å². The molecule has 1 heteroatoms. The molecule has 0 aliphatic rings. The lowest BCUT2D eigenvalue weighted by Crippen LogP contribution is -2.25. The maximum atomic E-state index is 2.30. The van der Waals surface area contributed by atoms with Crippen LogP contribution in [0.3, 0.4) is 0 Å². The lowest BCUT2D eigenvalue weighted by Gasteiger charge is -2.31. The molecule has 0 spiro atoms. The minimum absolute atomic E-state index is 0. The van der Waals surface area contributed by atoms with Gasteiger partial charge >= 0.3 is 0 Å². The summed E-state index contributed by atoms with van der Waals surface area (Å²) in [5.41, 5.74) is 3.83. The molecule has 0 radical (unpaired) electrons. The van der Waals surface area contributed by atoms with Crippen LogP contribution >= 0.6 is 12.4 Å². The van der Waals surface area contributed by atoms with Crippen molar-refractivity contribution in [3.05, 3.63) is 108 Å². The molecule has 3 aromatic rings. The smallest absolute Gasteiger partial charge is 0.0423 e. The van der Waals surface area contributed by atoms with E-state index >= 15 is 0 Å². The Bertz CT molecular complexity index is 563. The van der Waals surface area contributed by atoms with Crippen LogP contribution in [0.15, 0.2) is 91.0 Å². The Morgan fingerprint density at radius 3 is 0.952 bits per heavy atom. The summed E-state index contributed by atoms with van der Waals surface area (Å²) in [6.07, 6.45) is 0. The largest absolute Gasteiger partial charge is 0.147 e. The Kier molecular flexibility index (Phi) is 4.82. The van der Waals surface area contributed by atoms with E-state index in [2.05, 4.69) is 97.9 Å². The molecule has 0 amide bonds.